The molecule has 0 aliphatic rings. The van der Waals surface area contributed by atoms with Gasteiger partial charge >= 0.3 is 0 Å². The van der Waals surface area contributed by atoms with E-state index in [-0.39, 0.29) is 0 Å². The average Bonchev–Trinajstić information content (AvgIpc) is 2.38. The Labute approximate surface area is 96.4 Å². The molecule has 1 atom stereocenters. The molecular formula is C14H16N2. The predicted molar refractivity (Wildman–Crippen MR) is 67.3 cm³/mol. The summed E-state index contributed by atoms with van der Waals surface area (Å²) in [6, 6.07) is 14.8. The number of rotatable bonds is 4. The highest BCUT2D eigenvalue weighted by atomic mass is 14.9. The summed E-state index contributed by atoms with van der Waals surface area (Å²) in [5.41, 5.74) is 2.38. The summed E-state index contributed by atoms with van der Waals surface area (Å²) in [6.45, 7) is 2.18. The molecule has 82 valence electrons. The van der Waals surface area contributed by atoms with Crippen LogP contribution in [-0.4, -0.2) is 4.98 Å². The number of nitrogens with one attached hydrogen (secondary N) is 1. The van der Waals surface area contributed by atoms with Crippen LogP contribution in [0.4, 0.5) is 5.69 Å². The maximum Gasteiger partial charge on any atom is 0.0531 e. The van der Waals surface area contributed by atoms with Gasteiger partial charge in [0, 0.05) is 12.4 Å². The predicted octanol–water partition coefficient (Wildman–Crippen LogP) is 3.64. The first-order valence-electron chi connectivity index (χ1n) is 5.61. The molecule has 0 bridgehead atoms. The van der Waals surface area contributed by atoms with Gasteiger partial charge in [-0.1, -0.05) is 37.3 Å². The van der Waals surface area contributed by atoms with E-state index < -0.39 is 0 Å². The first-order chi connectivity index (χ1) is 7.90. The van der Waals surface area contributed by atoms with E-state index in [9.17, 15) is 0 Å². The molecule has 1 N–H and O–H groups in total. The van der Waals surface area contributed by atoms with Crippen LogP contribution in [0.25, 0.3) is 0 Å². The molecule has 0 aliphatic carbocycles. The van der Waals surface area contributed by atoms with Crippen LogP contribution in [0.2, 0.25) is 0 Å². The molecule has 0 aliphatic heterocycles. The van der Waals surface area contributed by atoms with Crippen molar-refractivity contribution in [2.24, 2.45) is 0 Å². The minimum Gasteiger partial charge on any atom is -0.377 e. The lowest BCUT2D eigenvalue weighted by Crippen LogP contribution is -2.09. The van der Waals surface area contributed by atoms with Gasteiger partial charge in [0.25, 0.3) is 0 Å². The van der Waals surface area contributed by atoms with Crippen molar-refractivity contribution in [2.75, 3.05) is 5.32 Å². The van der Waals surface area contributed by atoms with Crippen molar-refractivity contribution in [2.45, 2.75) is 19.4 Å². The van der Waals surface area contributed by atoms with Crippen LogP contribution in [0, 0.1) is 0 Å². The maximum atomic E-state index is 4.10. The second-order valence-electron chi connectivity index (χ2n) is 3.76. The van der Waals surface area contributed by atoms with Crippen LogP contribution in [0.1, 0.15) is 24.9 Å². The maximum absolute atomic E-state index is 4.10. The molecule has 0 saturated carbocycles. The van der Waals surface area contributed by atoms with Gasteiger partial charge in [-0.3, -0.25) is 4.98 Å². The fourth-order valence-electron chi connectivity index (χ4n) is 1.76. The van der Waals surface area contributed by atoms with Gasteiger partial charge in [0.15, 0.2) is 0 Å². The Balaban J connectivity index is 2.13. The number of anilines is 1. The SMILES string of the molecule is CCC(Nc1cccnc1)c1ccccc1. The molecule has 0 amide bonds. The van der Waals surface area contributed by atoms with Crippen molar-refractivity contribution in [3.05, 3.63) is 60.4 Å². The summed E-state index contributed by atoms with van der Waals surface area (Å²) in [6.07, 6.45) is 4.69. The highest BCUT2D eigenvalue weighted by Gasteiger charge is 2.07. The lowest BCUT2D eigenvalue weighted by Gasteiger charge is -2.18. The van der Waals surface area contributed by atoms with Gasteiger partial charge < -0.3 is 5.32 Å². The van der Waals surface area contributed by atoms with Gasteiger partial charge in [-0.2, -0.15) is 0 Å². The Morgan fingerprint density at radius 2 is 1.94 bits per heavy atom. The first-order valence-corrected chi connectivity index (χ1v) is 5.61. The molecule has 2 heteroatoms. The van der Waals surface area contributed by atoms with Crippen molar-refractivity contribution in [3.63, 3.8) is 0 Å². The van der Waals surface area contributed by atoms with Crippen LogP contribution in [0.5, 0.6) is 0 Å². The number of aromatic nitrogens is 1. The van der Waals surface area contributed by atoms with Crippen LogP contribution in [-0.2, 0) is 0 Å². The molecule has 1 heterocycles. The Hall–Kier alpha value is -1.83. The summed E-state index contributed by atoms with van der Waals surface area (Å²) in [5, 5.41) is 3.48. The van der Waals surface area contributed by atoms with E-state index in [2.05, 4.69) is 41.5 Å². The Bertz CT molecular complexity index is 411. The molecule has 0 saturated heterocycles. The Morgan fingerprint density at radius 3 is 2.56 bits per heavy atom. The van der Waals surface area contributed by atoms with Crippen molar-refractivity contribution >= 4 is 5.69 Å². The Morgan fingerprint density at radius 1 is 1.12 bits per heavy atom. The minimum absolute atomic E-state index is 0.352. The lowest BCUT2D eigenvalue weighted by molar-refractivity contribution is 0.749. The largest absolute Gasteiger partial charge is 0.377 e. The molecular weight excluding hydrogens is 196 g/mol. The second kappa shape index (κ2) is 5.31. The van der Waals surface area contributed by atoms with Crippen LogP contribution < -0.4 is 5.32 Å². The van der Waals surface area contributed by atoms with E-state index in [1.165, 1.54) is 5.56 Å². The van der Waals surface area contributed by atoms with Crippen LogP contribution in [0.15, 0.2) is 54.9 Å². The van der Waals surface area contributed by atoms with Crippen LogP contribution in [0.3, 0.4) is 0 Å². The molecule has 2 nitrogen and oxygen atoms in total. The van der Waals surface area contributed by atoms with Gasteiger partial charge in [-0.05, 0) is 24.1 Å². The van der Waals surface area contributed by atoms with Crippen LogP contribution >= 0.6 is 0 Å². The zero-order chi connectivity index (χ0) is 11.2. The van der Waals surface area contributed by atoms with Gasteiger partial charge in [-0.15, -0.1) is 0 Å². The minimum atomic E-state index is 0.352. The molecule has 1 aromatic carbocycles. The van der Waals surface area contributed by atoms with Gasteiger partial charge in [0.05, 0.1) is 11.7 Å². The summed E-state index contributed by atoms with van der Waals surface area (Å²) in [7, 11) is 0. The molecule has 0 radical (unpaired) electrons. The molecule has 2 aromatic rings. The van der Waals surface area contributed by atoms with E-state index in [0.29, 0.717) is 6.04 Å². The number of pyridine rings is 1. The topological polar surface area (TPSA) is 24.9 Å². The standard InChI is InChI=1S/C14H16N2/c1-2-14(12-7-4-3-5-8-12)16-13-9-6-10-15-11-13/h3-11,14,16H,2H2,1H3. The average molecular weight is 212 g/mol. The molecule has 1 aromatic heterocycles. The summed E-state index contributed by atoms with van der Waals surface area (Å²) in [4.78, 5) is 4.10. The summed E-state index contributed by atoms with van der Waals surface area (Å²) in [5.74, 6) is 0. The molecule has 0 spiro atoms. The summed E-state index contributed by atoms with van der Waals surface area (Å²) < 4.78 is 0. The van der Waals surface area contributed by atoms with Crippen molar-refractivity contribution in [1.82, 2.24) is 4.98 Å². The first kappa shape index (κ1) is 10.7. The highest BCUT2D eigenvalue weighted by molar-refractivity contribution is 5.42. The number of benzene rings is 1. The third kappa shape index (κ3) is 2.60. The lowest BCUT2D eigenvalue weighted by atomic mass is 10.0. The smallest absolute Gasteiger partial charge is 0.0531 e. The van der Waals surface area contributed by atoms with Crippen molar-refractivity contribution in [1.29, 1.82) is 0 Å². The Kier molecular flexibility index (Phi) is 3.54. The zero-order valence-electron chi connectivity index (χ0n) is 9.43. The van der Waals surface area contributed by atoms with Gasteiger partial charge in [0.1, 0.15) is 0 Å². The molecule has 2 rings (SSSR count). The van der Waals surface area contributed by atoms with E-state index in [1.807, 2.05) is 24.4 Å². The monoisotopic (exact) mass is 212 g/mol. The summed E-state index contributed by atoms with van der Waals surface area (Å²) >= 11 is 0. The number of hydrogen-bond donors (Lipinski definition) is 1. The zero-order valence-corrected chi connectivity index (χ0v) is 9.43. The van der Waals surface area contributed by atoms with Gasteiger partial charge in [0.2, 0.25) is 0 Å². The van der Waals surface area contributed by atoms with Crippen molar-refractivity contribution < 1.29 is 0 Å². The van der Waals surface area contributed by atoms with E-state index in [0.717, 1.165) is 12.1 Å². The van der Waals surface area contributed by atoms with Gasteiger partial charge in [-0.25, -0.2) is 0 Å². The highest BCUT2D eigenvalue weighted by Crippen LogP contribution is 2.21. The van der Waals surface area contributed by atoms with E-state index in [4.69, 9.17) is 0 Å². The van der Waals surface area contributed by atoms with E-state index >= 15 is 0 Å². The number of nitrogens with zero attached hydrogens (tertiary/aromatic N) is 1. The fraction of sp³-hybridized carbons (Fsp3) is 0.214. The third-order valence-electron chi connectivity index (χ3n) is 2.61. The van der Waals surface area contributed by atoms with Crippen molar-refractivity contribution in [3.8, 4) is 0 Å². The van der Waals surface area contributed by atoms with E-state index in [1.54, 1.807) is 6.20 Å². The number of hydrogen-bond acceptors (Lipinski definition) is 2. The normalized spacial score (nSPS) is 12.1. The molecule has 0 fully saturated rings. The molecule has 1 unspecified atom stereocenters. The quantitative estimate of drug-likeness (QED) is 0.836. The second-order valence-corrected chi connectivity index (χ2v) is 3.76. The fourth-order valence-corrected chi connectivity index (χ4v) is 1.76. The molecule has 16 heavy (non-hydrogen) atoms. The third-order valence-corrected chi connectivity index (χ3v) is 2.61.